The highest BCUT2D eigenvalue weighted by atomic mass is 35.5. The van der Waals surface area contributed by atoms with E-state index in [-0.39, 0.29) is 42.5 Å². The van der Waals surface area contributed by atoms with E-state index in [2.05, 4.69) is 71.2 Å². The molecular formula is C52H60BClN16O4. The van der Waals surface area contributed by atoms with E-state index in [1.54, 1.807) is 40.4 Å². The second kappa shape index (κ2) is 20.6. The van der Waals surface area contributed by atoms with Gasteiger partial charge in [-0.05, 0) is 115 Å². The number of nitrogens with zero attached hydrogens (tertiary/aromatic N) is 14. The lowest BCUT2D eigenvalue weighted by molar-refractivity contribution is 0.00578. The van der Waals surface area contributed by atoms with Crippen molar-refractivity contribution in [1.82, 2.24) is 39.9 Å². The summed E-state index contributed by atoms with van der Waals surface area (Å²) in [6.45, 7) is 15.8. The molecule has 22 heteroatoms. The van der Waals surface area contributed by atoms with Gasteiger partial charge >= 0.3 is 19.2 Å². The first-order valence-electron chi connectivity index (χ1n) is 25.6. The normalized spacial score (nSPS) is 20.6. The third kappa shape index (κ3) is 10.1. The second-order valence-corrected chi connectivity index (χ2v) is 20.8. The fraction of sp³-hybridized carbons (Fsp3) is 0.423. The van der Waals surface area contributed by atoms with Crippen LogP contribution in [0.25, 0.3) is 11.3 Å². The van der Waals surface area contributed by atoms with Crippen LogP contribution in [-0.2, 0) is 9.31 Å². The molecule has 0 saturated carbocycles. The van der Waals surface area contributed by atoms with Gasteiger partial charge in [0.15, 0.2) is 11.6 Å². The van der Waals surface area contributed by atoms with Crippen molar-refractivity contribution >= 4 is 82.8 Å². The van der Waals surface area contributed by atoms with Gasteiger partial charge in [-0.1, -0.05) is 23.7 Å². The number of amides is 4. The Morgan fingerprint density at radius 3 is 1.54 bits per heavy atom. The molecule has 7 aliphatic rings. The minimum absolute atomic E-state index is 0.0859. The Balaban J connectivity index is 0.000000124. The molecule has 4 bridgehead atoms. The van der Waals surface area contributed by atoms with Gasteiger partial charge in [0.05, 0.1) is 40.4 Å². The fourth-order valence-electron chi connectivity index (χ4n) is 10.3. The molecule has 74 heavy (non-hydrogen) atoms. The number of nitrogens with one attached hydrogen (secondary N) is 2. The Morgan fingerprint density at radius 1 is 0.581 bits per heavy atom. The summed E-state index contributed by atoms with van der Waals surface area (Å²) in [6.07, 6.45) is 17.3. The Morgan fingerprint density at radius 2 is 1.05 bits per heavy atom. The van der Waals surface area contributed by atoms with Crippen LogP contribution in [0.5, 0.6) is 0 Å². The molecule has 2 atom stereocenters. The van der Waals surface area contributed by atoms with Crippen molar-refractivity contribution < 1.29 is 18.9 Å². The molecule has 0 aliphatic carbocycles. The maximum absolute atomic E-state index is 13.2. The van der Waals surface area contributed by atoms with Crippen molar-refractivity contribution in [1.29, 1.82) is 0 Å². The highest BCUT2D eigenvalue weighted by Gasteiger charge is 2.52. The van der Waals surface area contributed by atoms with E-state index in [9.17, 15) is 9.59 Å². The molecule has 20 nitrogen and oxygen atoms in total. The average Bonchev–Trinajstić information content (AvgIpc) is 4.29. The molecule has 2 N–H and O–H groups in total. The Hall–Kier alpha value is -7.23. The number of carbonyl (C=O) groups is 2. The number of aromatic nitrogens is 8. The lowest BCUT2D eigenvalue weighted by atomic mass is 9.81. The molecule has 6 aromatic rings. The minimum atomic E-state index is -0.382. The highest BCUT2D eigenvalue weighted by molar-refractivity contribution is 6.61. The van der Waals surface area contributed by atoms with Crippen molar-refractivity contribution in [2.24, 2.45) is 0 Å². The largest absolute Gasteiger partial charge is 0.498 e. The lowest BCUT2D eigenvalue weighted by Gasteiger charge is -2.35. The summed E-state index contributed by atoms with van der Waals surface area (Å²) in [5, 5.41) is 6.14. The number of urea groups is 2. The zero-order chi connectivity index (χ0) is 51.0. The summed E-state index contributed by atoms with van der Waals surface area (Å²) >= 11 is 6.02. The summed E-state index contributed by atoms with van der Waals surface area (Å²) in [6, 6.07) is 18.4. The third-order valence-corrected chi connectivity index (χ3v) is 15.2. The van der Waals surface area contributed by atoms with E-state index >= 15 is 0 Å². The molecule has 5 fully saturated rings. The Kier molecular flexibility index (Phi) is 13.6. The van der Waals surface area contributed by atoms with Gasteiger partial charge in [-0.15, -0.1) is 0 Å². The van der Waals surface area contributed by atoms with Crippen LogP contribution in [0.2, 0.25) is 5.15 Å². The van der Waals surface area contributed by atoms with Crippen LogP contribution in [0.4, 0.5) is 56.1 Å². The summed E-state index contributed by atoms with van der Waals surface area (Å²) in [4.78, 5) is 74.1. The van der Waals surface area contributed by atoms with Crippen LogP contribution in [0, 0.1) is 0 Å². The number of pyridine rings is 4. The molecule has 0 unspecified atom stereocenters. The summed E-state index contributed by atoms with van der Waals surface area (Å²) in [5.41, 5.74) is 3.76. The number of fused-ring (bicyclic) bond motifs is 8. The molecular weight excluding hydrogens is 959 g/mol. The summed E-state index contributed by atoms with van der Waals surface area (Å²) in [5.74, 6) is 3.92. The quantitative estimate of drug-likeness (QED) is 0.124. The maximum Gasteiger partial charge on any atom is 0.498 e. The standard InChI is InChI=1S/C23H24N8O.C15H14ClN5O.C14H22BN3O2/c32-23(28-20-5-1-2-9-24-20)31-17-8-12-30(15-17)19-7-6-18(27-21(19)31)16-13-25-22(26-14-16)29-10-3-4-11-29;16-12-5-4-11-14(18-12)21(10-6-8-20(11)9-10)15(22)19-13-3-1-2-7-17-13;1-13(2)14(3,4)20-15(19-13)11-9-16-12(17-10-11)18-7-5-6-8-18/h1-2,5-7,9,13-14,17H,3-4,8,10-12,15H2,(H,24,28,32);1-5,7,10H,6,8-9H2,(H,17,19,22);9-10H,5-8H2,1-4H3/t17-;10-;/m00./s1. The number of carbonyl (C=O) groups excluding carboxylic acids is 2. The first kappa shape index (κ1) is 49.0. The molecule has 0 aromatic carbocycles. The Bertz CT molecular complexity index is 2940. The first-order chi connectivity index (χ1) is 35.9. The second-order valence-electron chi connectivity index (χ2n) is 20.4. The van der Waals surface area contributed by atoms with Crippen molar-refractivity contribution in [3.63, 3.8) is 0 Å². The van der Waals surface area contributed by atoms with Gasteiger partial charge in [0.1, 0.15) is 16.8 Å². The predicted octanol–water partition coefficient (Wildman–Crippen LogP) is 7.30. The smallest absolute Gasteiger partial charge is 0.399 e. The predicted molar refractivity (Wildman–Crippen MR) is 288 cm³/mol. The van der Waals surface area contributed by atoms with Gasteiger partial charge in [0, 0.05) is 101 Å². The van der Waals surface area contributed by atoms with Crippen molar-refractivity contribution in [3.05, 3.63) is 103 Å². The van der Waals surface area contributed by atoms with Crippen LogP contribution in [0.3, 0.4) is 0 Å². The first-order valence-corrected chi connectivity index (χ1v) is 26.0. The SMILES string of the molecule is CC1(C)OB(c2cnc(N3CCCC3)nc2)OC1(C)C.O=C(Nc1ccccn1)N1c2nc(-c3cnc(N4CCCC4)nc3)ccc2N2CC[C@H]1C2.O=C(Nc1ccccn1)N1c2nc(Cl)ccc2N2CC[C@H]1C2. The zero-order valence-electron chi connectivity index (χ0n) is 42.1. The molecule has 6 aromatic heterocycles. The fourth-order valence-corrected chi connectivity index (χ4v) is 10.5. The topological polar surface area (TPSA) is 199 Å². The zero-order valence-corrected chi connectivity index (χ0v) is 42.9. The van der Waals surface area contributed by atoms with Crippen LogP contribution in [-0.4, -0.2) is 135 Å². The van der Waals surface area contributed by atoms with Gasteiger partial charge in [0.25, 0.3) is 0 Å². The molecule has 7 aliphatic heterocycles. The van der Waals surface area contributed by atoms with Crippen molar-refractivity contribution in [3.8, 4) is 11.3 Å². The van der Waals surface area contributed by atoms with Gasteiger partial charge in [-0.25, -0.2) is 49.5 Å². The van der Waals surface area contributed by atoms with Crippen LogP contribution in [0.15, 0.2) is 97.8 Å². The van der Waals surface area contributed by atoms with E-state index in [1.165, 1.54) is 25.7 Å². The monoisotopic (exact) mass is 1020 g/mol. The molecule has 5 saturated heterocycles. The number of rotatable bonds is 6. The van der Waals surface area contributed by atoms with E-state index in [0.717, 1.165) is 105 Å². The lowest BCUT2D eigenvalue weighted by Crippen LogP contribution is -2.48. The number of hydrogen-bond donors (Lipinski definition) is 2. The van der Waals surface area contributed by atoms with Gasteiger partial charge < -0.3 is 28.9 Å². The minimum Gasteiger partial charge on any atom is -0.399 e. The van der Waals surface area contributed by atoms with Crippen molar-refractivity contribution in [2.45, 2.75) is 89.5 Å². The molecule has 0 spiro atoms. The average molecular weight is 1020 g/mol. The molecule has 4 amide bonds. The van der Waals surface area contributed by atoms with E-state index < -0.39 is 0 Å². The molecule has 13 rings (SSSR count). The van der Waals surface area contributed by atoms with E-state index in [0.29, 0.717) is 28.4 Å². The van der Waals surface area contributed by atoms with Crippen molar-refractivity contribution in [2.75, 3.05) is 92.4 Å². The molecule has 0 radical (unpaired) electrons. The van der Waals surface area contributed by atoms with E-state index in [1.807, 2.05) is 88.9 Å². The molecule has 382 valence electrons. The van der Waals surface area contributed by atoms with E-state index in [4.69, 9.17) is 25.9 Å². The Labute approximate surface area is 436 Å². The number of anilines is 8. The van der Waals surface area contributed by atoms with Crippen LogP contribution >= 0.6 is 11.6 Å². The summed E-state index contributed by atoms with van der Waals surface area (Å²) < 4.78 is 12.0. The van der Waals surface area contributed by atoms with Crippen LogP contribution in [0.1, 0.15) is 66.2 Å². The highest BCUT2D eigenvalue weighted by Crippen LogP contribution is 2.42. The van der Waals surface area contributed by atoms with Gasteiger partial charge in [-0.2, -0.15) is 0 Å². The van der Waals surface area contributed by atoms with Crippen LogP contribution < -0.4 is 45.5 Å². The number of hydrogen-bond acceptors (Lipinski definition) is 16. The van der Waals surface area contributed by atoms with Gasteiger partial charge in [-0.3, -0.25) is 20.4 Å². The summed E-state index contributed by atoms with van der Waals surface area (Å²) in [7, 11) is -0.382. The molecule has 13 heterocycles. The number of halogens is 1. The third-order valence-electron chi connectivity index (χ3n) is 15.0. The maximum atomic E-state index is 13.2. The van der Waals surface area contributed by atoms with Gasteiger partial charge in [0.2, 0.25) is 11.9 Å².